The van der Waals surface area contributed by atoms with Gasteiger partial charge in [-0.25, -0.2) is 4.98 Å². The molecule has 1 aromatic rings. The maximum absolute atomic E-state index is 9.22. The van der Waals surface area contributed by atoms with Gasteiger partial charge < -0.3 is 15.7 Å². The van der Waals surface area contributed by atoms with Crippen molar-refractivity contribution in [2.45, 2.75) is 38.6 Å². The third-order valence-corrected chi connectivity index (χ3v) is 4.50. The van der Waals surface area contributed by atoms with Crippen LogP contribution >= 0.6 is 0 Å². The van der Waals surface area contributed by atoms with Crippen molar-refractivity contribution in [1.82, 2.24) is 4.98 Å². The van der Waals surface area contributed by atoms with E-state index in [4.69, 9.17) is 10.7 Å². The van der Waals surface area contributed by atoms with Crippen LogP contribution in [0.25, 0.3) is 0 Å². The summed E-state index contributed by atoms with van der Waals surface area (Å²) in [5.41, 5.74) is 9.75. The fourth-order valence-electron chi connectivity index (χ4n) is 3.26. The van der Waals surface area contributed by atoms with E-state index in [9.17, 15) is 5.11 Å². The van der Waals surface area contributed by atoms with Crippen LogP contribution in [0.5, 0.6) is 0 Å². The zero-order valence-electron chi connectivity index (χ0n) is 11.4. The number of rotatable bonds is 3. The van der Waals surface area contributed by atoms with Gasteiger partial charge in [0.1, 0.15) is 5.82 Å². The van der Waals surface area contributed by atoms with E-state index in [1.165, 1.54) is 23.2 Å². The van der Waals surface area contributed by atoms with Crippen LogP contribution in [-0.4, -0.2) is 29.8 Å². The molecule has 1 fully saturated rings. The standard InChI is InChI=1S/C15H23N3O/c16-9-13-8-12-2-1-3-14(12)17-15(13)18-6-4-11(10-19)5-7-18/h8,11,19H,1-7,9-10,16H2. The van der Waals surface area contributed by atoms with Crippen LogP contribution in [0, 0.1) is 5.92 Å². The molecule has 3 rings (SSSR count). The smallest absolute Gasteiger partial charge is 0.133 e. The summed E-state index contributed by atoms with van der Waals surface area (Å²) in [4.78, 5) is 7.24. The van der Waals surface area contributed by atoms with Crippen molar-refractivity contribution in [2.24, 2.45) is 11.7 Å². The van der Waals surface area contributed by atoms with Crippen molar-refractivity contribution in [3.05, 3.63) is 22.9 Å². The molecule has 0 atom stereocenters. The second kappa shape index (κ2) is 5.47. The van der Waals surface area contributed by atoms with E-state index in [0.717, 1.165) is 44.6 Å². The molecule has 2 aliphatic rings. The van der Waals surface area contributed by atoms with Gasteiger partial charge in [-0.3, -0.25) is 0 Å². The number of aromatic nitrogens is 1. The number of fused-ring (bicyclic) bond motifs is 1. The van der Waals surface area contributed by atoms with E-state index in [2.05, 4.69) is 11.0 Å². The summed E-state index contributed by atoms with van der Waals surface area (Å²) in [5.74, 6) is 1.56. The summed E-state index contributed by atoms with van der Waals surface area (Å²) in [6.07, 6.45) is 5.60. The van der Waals surface area contributed by atoms with Gasteiger partial charge in [0.15, 0.2) is 0 Å². The summed E-state index contributed by atoms with van der Waals surface area (Å²) in [6.45, 7) is 2.86. The zero-order chi connectivity index (χ0) is 13.2. The van der Waals surface area contributed by atoms with Gasteiger partial charge in [-0.2, -0.15) is 0 Å². The number of anilines is 1. The normalized spacial score (nSPS) is 19.8. The Balaban J connectivity index is 1.84. The Morgan fingerprint density at radius 2 is 2.11 bits per heavy atom. The molecule has 19 heavy (non-hydrogen) atoms. The van der Waals surface area contributed by atoms with Crippen LogP contribution in [0.4, 0.5) is 5.82 Å². The number of hydrogen-bond acceptors (Lipinski definition) is 4. The lowest BCUT2D eigenvalue weighted by atomic mass is 9.97. The minimum absolute atomic E-state index is 0.315. The van der Waals surface area contributed by atoms with Crippen molar-refractivity contribution in [1.29, 1.82) is 0 Å². The second-order valence-electron chi connectivity index (χ2n) is 5.75. The van der Waals surface area contributed by atoms with Gasteiger partial charge in [-0.15, -0.1) is 0 Å². The maximum Gasteiger partial charge on any atom is 0.133 e. The fraction of sp³-hybridized carbons (Fsp3) is 0.667. The molecule has 1 aliphatic carbocycles. The molecule has 1 aliphatic heterocycles. The highest BCUT2D eigenvalue weighted by Gasteiger charge is 2.23. The lowest BCUT2D eigenvalue weighted by molar-refractivity contribution is 0.202. The summed E-state index contributed by atoms with van der Waals surface area (Å²) in [6, 6.07) is 2.27. The molecule has 2 heterocycles. The molecule has 1 saturated heterocycles. The Kier molecular flexibility index (Phi) is 3.71. The molecule has 0 radical (unpaired) electrons. The van der Waals surface area contributed by atoms with Crippen LogP contribution in [0.15, 0.2) is 6.07 Å². The average molecular weight is 261 g/mol. The van der Waals surface area contributed by atoms with E-state index < -0.39 is 0 Å². The number of nitrogens with two attached hydrogens (primary N) is 1. The van der Waals surface area contributed by atoms with E-state index in [-0.39, 0.29) is 0 Å². The molecule has 0 aromatic carbocycles. The molecule has 3 N–H and O–H groups in total. The summed E-state index contributed by atoms with van der Waals surface area (Å²) >= 11 is 0. The number of aryl methyl sites for hydroxylation is 2. The van der Waals surface area contributed by atoms with Gasteiger partial charge in [0.05, 0.1) is 0 Å². The summed E-state index contributed by atoms with van der Waals surface area (Å²) in [5, 5.41) is 9.22. The van der Waals surface area contributed by atoms with Gasteiger partial charge >= 0.3 is 0 Å². The van der Waals surface area contributed by atoms with Crippen LogP contribution in [0.2, 0.25) is 0 Å². The highest BCUT2D eigenvalue weighted by atomic mass is 16.3. The molecule has 0 amide bonds. The largest absolute Gasteiger partial charge is 0.396 e. The Morgan fingerprint density at radius 1 is 1.32 bits per heavy atom. The first kappa shape index (κ1) is 12.9. The van der Waals surface area contributed by atoms with Crippen LogP contribution in [-0.2, 0) is 19.4 Å². The Hall–Kier alpha value is -1.13. The summed E-state index contributed by atoms with van der Waals surface area (Å²) in [7, 11) is 0. The maximum atomic E-state index is 9.22. The Bertz CT molecular complexity index is 453. The van der Waals surface area contributed by atoms with Gasteiger partial charge in [-0.1, -0.05) is 0 Å². The summed E-state index contributed by atoms with van der Waals surface area (Å²) < 4.78 is 0. The lowest BCUT2D eigenvalue weighted by Gasteiger charge is -2.33. The molecule has 0 unspecified atom stereocenters. The van der Waals surface area contributed by atoms with Crippen LogP contribution in [0.3, 0.4) is 0 Å². The molecule has 4 heteroatoms. The van der Waals surface area contributed by atoms with Gasteiger partial charge in [0.2, 0.25) is 0 Å². The monoisotopic (exact) mass is 261 g/mol. The molecule has 4 nitrogen and oxygen atoms in total. The predicted molar refractivity (Wildman–Crippen MR) is 76.2 cm³/mol. The van der Waals surface area contributed by atoms with Crippen molar-refractivity contribution in [2.75, 3.05) is 24.6 Å². The van der Waals surface area contributed by atoms with Crippen molar-refractivity contribution in [3.8, 4) is 0 Å². The number of nitrogens with zero attached hydrogens (tertiary/aromatic N) is 2. The van der Waals surface area contributed by atoms with Crippen molar-refractivity contribution < 1.29 is 5.11 Å². The average Bonchev–Trinajstić information content (AvgIpc) is 2.93. The quantitative estimate of drug-likeness (QED) is 0.859. The van der Waals surface area contributed by atoms with Crippen LogP contribution in [0.1, 0.15) is 36.1 Å². The minimum atomic E-state index is 0.315. The molecule has 0 saturated carbocycles. The highest BCUT2D eigenvalue weighted by molar-refractivity contribution is 5.51. The number of piperidine rings is 1. The molecular weight excluding hydrogens is 238 g/mol. The van der Waals surface area contributed by atoms with Crippen molar-refractivity contribution >= 4 is 5.82 Å². The topological polar surface area (TPSA) is 62.4 Å². The van der Waals surface area contributed by atoms with Gasteiger partial charge in [0, 0.05) is 37.5 Å². The van der Waals surface area contributed by atoms with E-state index in [0.29, 0.717) is 19.1 Å². The highest BCUT2D eigenvalue weighted by Crippen LogP contribution is 2.29. The first-order chi connectivity index (χ1) is 9.31. The number of aliphatic hydroxyl groups is 1. The lowest BCUT2D eigenvalue weighted by Crippen LogP contribution is -2.36. The number of aliphatic hydroxyl groups excluding tert-OH is 1. The third-order valence-electron chi connectivity index (χ3n) is 4.50. The minimum Gasteiger partial charge on any atom is -0.396 e. The van der Waals surface area contributed by atoms with E-state index >= 15 is 0 Å². The van der Waals surface area contributed by atoms with Crippen LogP contribution < -0.4 is 10.6 Å². The molecule has 0 spiro atoms. The molecule has 1 aromatic heterocycles. The van der Waals surface area contributed by atoms with Gasteiger partial charge in [-0.05, 0) is 49.7 Å². The molecular formula is C15H23N3O. The Labute approximate surface area is 114 Å². The Morgan fingerprint density at radius 3 is 2.79 bits per heavy atom. The SMILES string of the molecule is NCc1cc2c(nc1N1CCC(CO)CC1)CCC2. The molecule has 104 valence electrons. The van der Waals surface area contributed by atoms with E-state index in [1.54, 1.807) is 0 Å². The fourth-order valence-corrected chi connectivity index (χ4v) is 3.26. The molecule has 0 bridgehead atoms. The first-order valence-corrected chi connectivity index (χ1v) is 7.39. The first-order valence-electron chi connectivity index (χ1n) is 7.39. The van der Waals surface area contributed by atoms with Gasteiger partial charge in [0.25, 0.3) is 0 Å². The van der Waals surface area contributed by atoms with E-state index in [1.807, 2.05) is 0 Å². The predicted octanol–water partition coefficient (Wildman–Crippen LogP) is 1.24. The number of hydrogen-bond donors (Lipinski definition) is 2. The second-order valence-corrected chi connectivity index (χ2v) is 5.75. The third kappa shape index (κ3) is 2.47. The number of pyridine rings is 1. The van der Waals surface area contributed by atoms with Crippen molar-refractivity contribution in [3.63, 3.8) is 0 Å². The zero-order valence-corrected chi connectivity index (χ0v) is 11.4.